The molecule has 2 atom stereocenters. The summed E-state index contributed by atoms with van der Waals surface area (Å²) in [6.07, 6.45) is -5.05. The lowest BCUT2D eigenvalue weighted by Crippen LogP contribution is -2.54. The van der Waals surface area contributed by atoms with Crippen LogP contribution in [-0.4, -0.2) is 24.0 Å². The molecule has 0 bridgehead atoms. The van der Waals surface area contributed by atoms with E-state index in [-0.39, 0.29) is 12.8 Å². The Kier molecular flexibility index (Phi) is 5.67. The van der Waals surface area contributed by atoms with E-state index >= 15 is 0 Å². The Morgan fingerprint density at radius 1 is 1.03 bits per heavy atom. The second-order valence-electron chi connectivity index (χ2n) is 7.14. The lowest BCUT2D eigenvalue weighted by molar-refractivity contribution is -0.171. The van der Waals surface area contributed by atoms with E-state index in [4.69, 9.17) is 23.2 Å². The highest BCUT2D eigenvalue weighted by molar-refractivity contribution is 7.99. The van der Waals surface area contributed by atoms with Crippen LogP contribution in [0.25, 0.3) is 0 Å². The van der Waals surface area contributed by atoms with Gasteiger partial charge in [-0.25, -0.2) is 0 Å². The minimum Gasteiger partial charge on any atom is -0.344 e. The van der Waals surface area contributed by atoms with Gasteiger partial charge in [-0.1, -0.05) is 47.1 Å². The standard InChI is InChI=1S/C20H15Cl2F3N2O2S/c21-9-1-3-11-14(7-9)30-15-8-10(22)2-4-12(15)17(11)27-19(29)13-5-6-16(20(23,24)25)26-18(13)28/h1-4,7-8,13,16-17H,5-6H2,(H,26,28)(H,27,29). The Labute approximate surface area is 184 Å². The number of nitrogens with one attached hydrogen (secondary N) is 2. The highest BCUT2D eigenvalue weighted by atomic mass is 35.5. The van der Waals surface area contributed by atoms with Gasteiger partial charge in [-0.05, 0) is 48.2 Å². The number of benzene rings is 2. The largest absolute Gasteiger partial charge is 0.408 e. The fourth-order valence-electron chi connectivity index (χ4n) is 3.66. The third-order valence-electron chi connectivity index (χ3n) is 5.17. The van der Waals surface area contributed by atoms with Crippen molar-refractivity contribution in [2.24, 2.45) is 5.92 Å². The number of fused-ring (bicyclic) bond motifs is 2. The van der Waals surface area contributed by atoms with Gasteiger partial charge < -0.3 is 10.6 Å². The Bertz CT molecular complexity index is 980. The normalized spacial score (nSPS) is 21.4. The summed E-state index contributed by atoms with van der Waals surface area (Å²) in [5, 5.41) is 5.82. The third-order valence-corrected chi connectivity index (χ3v) is 6.79. The van der Waals surface area contributed by atoms with E-state index in [0.29, 0.717) is 10.0 Å². The molecule has 2 aromatic rings. The zero-order valence-electron chi connectivity index (χ0n) is 15.2. The van der Waals surface area contributed by atoms with Crippen LogP contribution in [0.4, 0.5) is 13.2 Å². The second kappa shape index (κ2) is 7.98. The number of alkyl halides is 3. The smallest absolute Gasteiger partial charge is 0.344 e. The maximum Gasteiger partial charge on any atom is 0.408 e. The van der Waals surface area contributed by atoms with E-state index in [9.17, 15) is 22.8 Å². The molecule has 0 saturated carbocycles. The number of hydrogen-bond donors (Lipinski definition) is 2. The lowest BCUT2D eigenvalue weighted by atomic mass is 9.91. The molecular formula is C20H15Cl2F3N2O2S. The van der Waals surface area contributed by atoms with Gasteiger partial charge >= 0.3 is 6.18 Å². The minimum absolute atomic E-state index is 0.176. The number of rotatable bonds is 2. The van der Waals surface area contributed by atoms with Gasteiger partial charge in [-0.15, -0.1) is 0 Å². The van der Waals surface area contributed by atoms with Gasteiger partial charge in [-0.3, -0.25) is 9.59 Å². The summed E-state index contributed by atoms with van der Waals surface area (Å²) < 4.78 is 38.6. The Balaban J connectivity index is 1.60. The van der Waals surface area contributed by atoms with E-state index in [2.05, 4.69) is 5.32 Å². The topological polar surface area (TPSA) is 58.2 Å². The number of amides is 2. The first-order valence-corrected chi connectivity index (χ1v) is 10.6. The molecular weight excluding hydrogens is 460 g/mol. The predicted octanol–water partition coefficient (Wildman–Crippen LogP) is 5.12. The predicted molar refractivity (Wildman–Crippen MR) is 108 cm³/mol. The monoisotopic (exact) mass is 474 g/mol. The summed E-state index contributed by atoms with van der Waals surface area (Å²) >= 11 is 13.7. The molecule has 4 nitrogen and oxygen atoms in total. The fourth-order valence-corrected chi connectivity index (χ4v) is 5.35. The van der Waals surface area contributed by atoms with Crippen LogP contribution in [0.15, 0.2) is 46.2 Å². The Hall–Kier alpha value is -1.90. The van der Waals surface area contributed by atoms with Crippen LogP contribution in [0.5, 0.6) is 0 Å². The van der Waals surface area contributed by atoms with Crippen LogP contribution in [-0.2, 0) is 9.59 Å². The summed E-state index contributed by atoms with van der Waals surface area (Å²) in [7, 11) is 0. The first-order valence-electron chi connectivity index (χ1n) is 9.07. The molecule has 0 aliphatic carbocycles. The van der Waals surface area contributed by atoms with E-state index < -0.39 is 36.0 Å². The van der Waals surface area contributed by atoms with Crippen molar-refractivity contribution in [3.8, 4) is 0 Å². The van der Waals surface area contributed by atoms with Crippen molar-refractivity contribution in [3.63, 3.8) is 0 Å². The molecule has 2 unspecified atom stereocenters. The number of halogens is 5. The van der Waals surface area contributed by atoms with Crippen molar-refractivity contribution in [1.29, 1.82) is 0 Å². The zero-order chi connectivity index (χ0) is 21.6. The van der Waals surface area contributed by atoms with Gasteiger partial charge in [0.15, 0.2) is 0 Å². The average Bonchev–Trinajstić information content (AvgIpc) is 2.66. The van der Waals surface area contributed by atoms with Crippen molar-refractivity contribution in [1.82, 2.24) is 10.6 Å². The lowest BCUT2D eigenvalue weighted by Gasteiger charge is -2.33. The van der Waals surface area contributed by atoms with Crippen molar-refractivity contribution in [2.75, 3.05) is 0 Å². The Morgan fingerprint density at radius 2 is 1.60 bits per heavy atom. The minimum atomic E-state index is -4.53. The van der Waals surface area contributed by atoms with Gasteiger partial charge in [0.2, 0.25) is 11.8 Å². The fraction of sp³-hybridized carbons (Fsp3) is 0.300. The van der Waals surface area contributed by atoms with Crippen LogP contribution < -0.4 is 10.6 Å². The van der Waals surface area contributed by atoms with Crippen LogP contribution in [0, 0.1) is 5.92 Å². The molecule has 0 radical (unpaired) electrons. The molecule has 1 saturated heterocycles. The van der Waals surface area contributed by atoms with Crippen LogP contribution in [0.3, 0.4) is 0 Å². The van der Waals surface area contributed by atoms with E-state index in [1.165, 1.54) is 11.8 Å². The first kappa shape index (κ1) is 21.3. The molecule has 10 heteroatoms. The molecule has 0 aromatic heterocycles. The molecule has 1 fully saturated rings. The van der Waals surface area contributed by atoms with E-state index in [1.807, 2.05) is 5.32 Å². The quantitative estimate of drug-likeness (QED) is 0.593. The molecule has 2 aliphatic heterocycles. The first-order chi connectivity index (χ1) is 14.1. The van der Waals surface area contributed by atoms with E-state index in [0.717, 1.165) is 20.9 Å². The number of piperidine rings is 1. The van der Waals surface area contributed by atoms with Crippen molar-refractivity contribution < 1.29 is 22.8 Å². The molecule has 2 aromatic carbocycles. The van der Waals surface area contributed by atoms with E-state index in [1.54, 1.807) is 36.4 Å². The SMILES string of the molecule is O=C(NC1c2ccc(Cl)cc2Sc2cc(Cl)ccc21)C1CCC(C(F)(F)F)NC1=O. The Morgan fingerprint density at radius 3 is 2.10 bits per heavy atom. The molecule has 2 amide bonds. The maximum absolute atomic E-state index is 12.9. The van der Waals surface area contributed by atoms with Gasteiger partial charge in [-0.2, -0.15) is 13.2 Å². The molecule has 4 rings (SSSR count). The summed E-state index contributed by atoms with van der Waals surface area (Å²) in [4.78, 5) is 26.7. The number of hydrogen-bond acceptors (Lipinski definition) is 3. The van der Waals surface area contributed by atoms with Gasteiger partial charge in [0.1, 0.15) is 12.0 Å². The zero-order valence-corrected chi connectivity index (χ0v) is 17.6. The van der Waals surface area contributed by atoms with Gasteiger partial charge in [0, 0.05) is 19.8 Å². The summed E-state index contributed by atoms with van der Waals surface area (Å²) in [5.74, 6) is -2.73. The van der Waals surface area contributed by atoms with Gasteiger partial charge in [0.05, 0.1) is 6.04 Å². The average molecular weight is 475 g/mol. The highest BCUT2D eigenvalue weighted by Crippen LogP contribution is 2.46. The molecule has 158 valence electrons. The van der Waals surface area contributed by atoms with Crippen molar-refractivity contribution >= 4 is 46.8 Å². The van der Waals surface area contributed by atoms with Gasteiger partial charge in [0.25, 0.3) is 0 Å². The molecule has 2 heterocycles. The summed E-state index contributed by atoms with van der Waals surface area (Å²) in [6.45, 7) is 0. The van der Waals surface area contributed by atoms with Crippen LogP contribution >= 0.6 is 35.0 Å². The second-order valence-corrected chi connectivity index (χ2v) is 9.10. The van der Waals surface area contributed by atoms with Crippen molar-refractivity contribution in [2.45, 2.75) is 40.9 Å². The molecule has 2 N–H and O–H groups in total. The molecule has 30 heavy (non-hydrogen) atoms. The van der Waals surface area contributed by atoms with Crippen molar-refractivity contribution in [3.05, 3.63) is 57.6 Å². The van der Waals surface area contributed by atoms with Crippen LogP contribution in [0.1, 0.15) is 30.0 Å². The van der Waals surface area contributed by atoms with Crippen LogP contribution in [0.2, 0.25) is 10.0 Å². The third kappa shape index (κ3) is 4.13. The molecule has 2 aliphatic rings. The number of carbonyl (C=O) groups is 2. The molecule has 0 spiro atoms. The maximum atomic E-state index is 12.9. The highest BCUT2D eigenvalue weighted by Gasteiger charge is 2.46. The summed E-state index contributed by atoms with van der Waals surface area (Å²) in [6, 6.07) is 8.00. The summed E-state index contributed by atoms with van der Waals surface area (Å²) in [5.41, 5.74) is 1.58. The number of carbonyl (C=O) groups excluding carboxylic acids is 2.